The lowest BCUT2D eigenvalue weighted by atomic mass is 9.79. The highest BCUT2D eigenvalue weighted by atomic mass is 35.5. The van der Waals surface area contributed by atoms with Crippen LogP contribution in [0.15, 0.2) is 30.3 Å². The third kappa shape index (κ3) is 6.21. The maximum absolute atomic E-state index is 14.7. The number of benzene rings is 2. The highest BCUT2D eigenvalue weighted by Crippen LogP contribution is 2.50. The summed E-state index contributed by atoms with van der Waals surface area (Å²) in [6.45, 7) is 0.420. The Morgan fingerprint density at radius 1 is 0.977 bits per heavy atom. The molecule has 234 valence electrons. The largest absolute Gasteiger partial charge is 0.496 e. The van der Waals surface area contributed by atoms with E-state index in [1.165, 1.54) is 22.3 Å². The van der Waals surface area contributed by atoms with Crippen LogP contribution in [-0.4, -0.2) is 75.0 Å². The van der Waals surface area contributed by atoms with Crippen molar-refractivity contribution < 1.29 is 35.9 Å². The molecule has 2 unspecified atom stereocenters. The van der Waals surface area contributed by atoms with Crippen LogP contribution in [0.1, 0.15) is 64.6 Å². The van der Waals surface area contributed by atoms with Gasteiger partial charge < -0.3 is 15.0 Å². The van der Waals surface area contributed by atoms with E-state index in [9.17, 15) is 31.2 Å². The molecule has 2 amide bonds. The summed E-state index contributed by atoms with van der Waals surface area (Å²) in [5, 5.41) is 2.56. The monoisotopic (exact) mass is 661 g/mol. The Hall–Kier alpha value is -2.54. The quantitative estimate of drug-likeness (QED) is 0.435. The molecule has 1 N–H and O–H groups in total. The zero-order chi connectivity index (χ0) is 31.3. The average Bonchev–Trinajstić information content (AvgIpc) is 3.76. The number of carbonyl (C=O) groups excluding carboxylic acids is 2. The van der Waals surface area contributed by atoms with E-state index in [0.29, 0.717) is 31.2 Å². The number of nitrogens with one attached hydrogen (secondary N) is 1. The number of ether oxygens (including phenoxy) is 1. The summed E-state index contributed by atoms with van der Waals surface area (Å²) in [4.78, 5) is 28.3. The second-order valence-corrected chi connectivity index (χ2v) is 14.3. The Bertz CT molecular complexity index is 1530. The van der Waals surface area contributed by atoms with Crippen LogP contribution in [0.4, 0.5) is 13.2 Å². The first kappa shape index (κ1) is 31.9. The van der Waals surface area contributed by atoms with Crippen molar-refractivity contribution in [2.24, 2.45) is 5.92 Å². The Morgan fingerprint density at radius 2 is 1.63 bits per heavy atom. The molecule has 0 spiro atoms. The highest BCUT2D eigenvalue weighted by Gasteiger charge is 2.48. The van der Waals surface area contributed by atoms with Crippen molar-refractivity contribution in [3.8, 4) is 5.75 Å². The van der Waals surface area contributed by atoms with Crippen molar-refractivity contribution in [2.45, 2.75) is 48.9 Å². The van der Waals surface area contributed by atoms with Crippen LogP contribution in [0.3, 0.4) is 0 Å². The number of likely N-dealkylation sites (tertiary alicyclic amines) is 1. The molecular weight excluding hydrogens is 630 g/mol. The summed E-state index contributed by atoms with van der Waals surface area (Å²) in [6.07, 6.45) is -2.94. The summed E-state index contributed by atoms with van der Waals surface area (Å²) in [5.74, 6) is -3.48. The number of nitrogens with zero attached hydrogens (tertiary/aromatic N) is 2. The van der Waals surface area contributed by atoms with E-state index in [0.717, 1.165) is 13.2 Å². The first-order valence-corrected chi connectivity index (χ1v) is 16.3. The van der Waals surface area contributed by atoms with Gasteiger partial charge >= 0.3 is 6.18 Å². The van der Waals surface area contributed by atoms with Gasteiger partial charge in [0, 0.05) is 56.5 Å². The van der Waals surface area contributed by atoms with E-state index in [-0.39, 0.29) is 58.5 Å². The van der Waals surface area contributed by atoms with Crippen molar-refractivity contribution in [2.75, 3.05) is 40.3 Å². The molecule has 2 heterocycles. The van der Waals surface area contributed by atoms with Gasteiger partial charge in [0.25, 0.3) is 5.91 Å². The second kappa shape index (κ2) is 12.1. The Balaban J connectivity index is 1.53. The molecule has 5 rings (SSSR count). The summed E-state index contributed by atoms with van der Waals surface area (Å²) in [5.41, 5.74) is -0.931. The smallest absolute Gasteiger partial charge is 0.420 e. The number of hydrogen-bond donors (Lipinski definition) is 1. The van der Waals surface area contributed by atoms with Crippen LogP contribution >= 0.6 is 23.2 Å². The molecule has 8 nitrogen and oxygen atoms in total. The van der Waals surface area contributed by atoms with E-state index in [2.05, 4.69) is 5.32 Å². The van der Waals surface area contributed by atoms with Crippen molar-refractivity contribution >= 4 is 45.0 Å². The molecule has 2 aromatic carbocycles. The zero-order valence-corrected chi connectivity index (χ0v) is 25.9. The third-order valence-electron chi connectivity index (χ3n) is 8.67. The van der Waals surface area contributed by atoms with Gasteiger partial charge in [-0.25, -0.2) is 12.7 Å². The Kier molecular flexibility index (Phi) is 8.97. The molecule has 0 aromatic heterocycles. The molecule has 2 atom stereocenters. The van der Waals surface area contributed by atoms with Gasteiger partial charge in [0.1, 0.15) is 11.3 Å². The number of amides is 2. The van der Waals surface area contributed by atoms with Crippen molar-refractivity contribution in [1.82, 2.24) is 14.5 Å². The molecule has 2 saturated heterocycles. The van der Waals surface area contributed by atoms with Crippen LogP contribution < -0.4 is 10.1 Å². The number of methoxy groups -OCH3 is 1. The first-order chi connectivity index (χ1) is 20.3. The minimum absolute atomic E-state index is 0.0732. The number of halogens is 5. The third-order valence-corrected chi connectivity index (χ3v) is 11.8. The fourth-order valence-corrected chi connectivity index (χ4v) is 8.51. The van der Waals surface area contributed by atoms with E-state index >= 15 is 0 Å². The van der Waals surface area contributed by atoms with E-state index in [1.54, 1.807) is 18.2 Å². The normalized spacial score (nSPS) is 22.1. The number of piperidine rings is 1. The summed E-state index contributed by atoms with van der Waals surface area (Å²) in [6, 6.07) is 7.20. The lowest BCUT2D eigenvalue weighted by molar-refractivity contribution is -0.139. The molecule has 1 saturated carbocycles. The predicted octanol–water partition coefficient (Wildman–Crippen LogP) is 5.29. The van der Waals surface area contributed by atoms with Crippen molar-refractivity contribution in [3.05, 3.63) is 62.6 Å². The number of hydrogen-bond acceptors (Lipinski definition) is 5. The molecule has 43 heavy (non-hydrogen) atoms. The van der Waals surface area contributed by atoms with Crippen molar-refractivity contribution in [1.29, 1.82) is 0 Å². The molecule has 2 aliphatic heterocycles. The molecule has 1 aliphatic carbocycles. The molecule has 2 aromatic rings. The van der Waals surface area contributed by atoms with Crippen LogP contribution in [0.25, 0.3) is 0 Å². The number of carbonyl (C=O) groups is 2. The predicted molar refractivity (Wildman–Crippen MR) is 156 cm³/mol. The summed E-state index contributed by atoms with van der Waals surface area (Å²) < 4.78 is 76.0. The molecule has 3 aliphatic rings. The lowest BCUT2D eigenvalue weighted by Gasteiger charge is -2.32. The van der Waals surface area contributed by atoms with Gasteiger partial charge in [-0.05, 0) is 61.1 Å². The summed E-state index contributed by atoms with van der Waals surface area (Å²) >= 11 is 12.4. The lowest BCUT2D eigenvalue weighted by Crippen LogP contribution is -2.44. The minimum atomic E-state index is -4.87. The zero-order valence-electron chi connectivity index (χ0n) is 23.6. The molecule has 3 fully saturated rings. The van der Waals surface area contributed by atoms with Crippen LogP contribution in [-0.2, 0) is 21.0 Å². The molecule has 0 radical (unpaired) electrons. The Morgan fingerprint density at radius 3 is 2.19 bits per heavy atom. The fraction of sp³-hybridized carbons (Fsp3) is 0.517. The highest BCUT2D eigenvalue weighted by molar-refractivity contribution is 7.90. The summed E-state index contributed by atoms with van der Waals surface area (Å²) in [7, 11) is -0.903. The molecule has 0 bridgehead atoms. The standard InChI is InChI=1S/C29H32Cl2F3N3O5S/c1-35-27(38)19-6-8-24(42-2)26(29(32,33)34)25(19)21-15-36(14-20(21)17-3-7-22(30)23(31)13-17)28(39)16-9-11-37(12-10-16)43(40,41)18-4-5-18/h3,6-8,13,16,18,20-21H,4-5,9-12,14-15H2,1-2H3,(H,35,38). The van der Waals surface area contributed by atoms with Gasteiger partial charge in [-0.3, -0.25) is 9.59 Å². The van der Waals surface area contributed by atoms with Gasteiger partial charge in [0.15, 0.2) is 0 Å². The van der Waals surface area contributed by atoms with Crippen LogP contribution in [0, 0.1) is 5.92 Å². The number of rotatable bonds is 7. The molecular formula is C29H32Cl2F3N3O5S. The maximum Gasteiger partial charge on any atom is 0.420 e. The number of alkyl halides is 3. The van der Waals surface area contributed by atoms with Crippen molar-refractivity contribution in [3.63, 3.8) is 0 Å². The van der Waals surface area contributed by atoms with E-state index < -0.39 is 51.2 Å². The van der Waals surface area contributed by atoms with Gasteiger partial charge in [0.05, 0.1) is 22.4 Å². The van der Waals surface area contributed by atoms with Crippen LogP contribution in [0.5, 0.6) is 5.75 Å². The topological polar surface area (TPSA) is 96.0 Å². The number of sulfonamides is 1. The fourth-order valence-electron chi connectivity index (χ4n) is 6.33. The average molecular weight is 663 g/mol. The van der Waals surface area contributed by atoms with Gasteiger partial charge in [0.2, 0.25) is 15.9 Å². The van der Waals surface area contributed by atoms with E-state index in [1.807, 2.05) is 0 Å². The second-order valence-electron chi connectivity index (χ2n) is 11.2. The van der Waals surface area contributed by atoms with Crippen LogP contribution in [0.2, 0.25) is 10.0 Å². The minimum Gasteiger partial charge on any atom is -0.496 e. The van der Waals surface area contributed by atoms with Gasteiger partial charge in [-0.1, -0.05) is 29.3 Å². The van der Waals surface area contributed by atoms with Gasteiger partial charge in [-0.15, -0.1) is 0 Å². The first-order valence-electron chi connectivity index (χ1n) is 14.0. The SMILES string of the molecule is CNC(=O)c1ccc(OC)c(C(F)(F)F)c1C1CN(C(=O)C2CCN(S(=O)(=O)C3CC3)CC2)CC1c1ccc(Cl)c(Cl)c1. The Labute approximate surface area is 258 Å². The molecule has 14 heteroatoms. The van der Waals surface area contributed by atoms with E-state index in [4.69, 9.17) is 27.9 Å². The van der Waals surface area contributed by atoms with Gasteiger partial charge in [-0.2, -0.15) is 13.2 Å². The maximum atomic E-state index is 14.7.